The molecule has 90 valence electrons. The normalized spacial score (nSPS) is 10.5. The number of hydrogen-bond donors (Lipinski definition) is 2. The van der Waals surface area contributed by atoms with Crippen LogP contribution in [0.5, 0.6) is 0 Å². The Bertz CT molecular complexity index is 528. The van der Waals surface area contributed by atoms with Crippen molar-refractivity contribution in [3.8, 4) is 0 Å². The Labute approximate surface area is 116 Å². The van der Waals surface area contributed by atoms with Gasteiger partial charge in [-0.1, -0.05) is 0 Å². The fourth-order valence-electron chi connectivity index (χ4n) is 1.31. The second-order valence-corrected chi connectivity index (χ2v) is 6.70. The van der Waals surface area contributed by atoms with Crippen LogP contribution in [0.25, 0.3) is 0 Å². The zero-order valence-corrected chi connectivity index (χ0v) is 12.3. The lowest BCUT2D eigenvalue weighted by Crippen LogP contribution is -2.21. The van der Waals surface area contributed by atoms with Crippen LogP contribution in [0.1, 0.15) is 19.4 Å². The highest BCUT2D eigenvalue weighted by atomic mass is 79.9. The van der Waals surface area contributed by atoms with Crippen molar-refractivity contribution >= 4 is 50.2 Å². The molecule has 6 heteroatoms. The Balaban J connectivity index is 1.98. The summed E-state index contributed by atoms with van der Waals surface area (Å²) in [6.07, 6.45) is 0. The molecule has 3 N–H and O–H groups in total. The third-order valence-corrected chi connectivity index (χ3v) is 4.99. The van der Waals surface area contributed by atoms with Crippen LogP contribution in [0.3, 0.4) is 0 Å². The van der Waals surface area contributed by atoms with E-state index in [2.05, 4.69) is 21.2 Å². The maximum Gasteiger partial charge on any atom is 0.261 e. The molecule has 0 aliphatic rings. The van der Waals surface area contributed by atoms with Crippen molar-refractivity contribution < 1.29 is 4.79 Å². The minimum atomic E-state index is -0.0701. The van der Waals surface area contributed by atoms with Crippen LogP contribution in [-0.2, 0) is 6.54 Å². The van der Waals surface area contributed by atoms with E-state index in [1.54, 1.807) is 17.4 Å². The first-order valence-electron chi connectivity index (χ1n) is 4.93. The van der Waals surface area contributed by atoms with E-state index in [1.807, 2.05) is 18.4 Å². The quantitative estimate of drug-likeness (QED) is 0.906. The van der Waals surface area contributed by atoms with Crippen LogP contribution in [0.15, 0.2) is 22.0 Å². The highest BCUT2D eigenvalue weighted by Gasteiger charge is 2.10. The summed E-state index contributed by atoms with van der Waals surface area (Å²) >= 11 is 6.41. The van der Waals surface area contributed by atoms with Gasteiger partial charge in [0.15, 0.2) is 0 Å². The predicted octanol–water partition coefficient (Wildman–Crippen LogP) is 3.39. The average molecular weight is 331 g/mol. The lowest BCUT2D eigenvalue weighted by molar-refractivity contribution is 0.0955. The molecule has 17 heavy (non-hydrogen) atoms. The number of aryl methyl sites for hydroxylation is 1. The predicted molar refractivity (Wildman–Crippen MR) is 76.7 cm³/mol. The molecule has 0 saturated carbocycles. The summed E-state index contributed by atoms with van der Waals surface area (Å²) in [5.41, 5.74) is 6.39. The van der Waals surface area contributed by atoms with Crippen LogP contribution >= 0.6 is 38.6 Å². The molecular weight excluding hydrogens is 320 g/mol. The summed E-state index contributed by atoms with van der Waals surface area (Å²) in [4.78, 5) is 14.6. The van der Waals surface area contributed by atoms with Gasteiger partial charge in [0, 0.05) is 25.3 Å². The summed E-state index contributed by atoms with van der Waals surface area (Å²) in [7, 11) is 0. The Hall–Kier alpha value is -0.850. The van der Waals surface area contributed by atoms with Crippen molar-refractivity contribution in [1.82, 2.24) is 5.32 Å². The molecule has 2 aromatic heterocycles. The van der Waals surface area contributed by atoms with Gasteiger partial charge >= 0.3 is 0 Å². The molecule has 2 heterocycles. The topological polar surface area (TPSA) is 55.1 Å². The van der Waals surface area contributed by atoms with E-state index in [0.717, 1.165) is 14.2 Å². The third kappa shape index (κ3) is 3.08. The molecule has 0 fully saturated rings. The molecule has 0 spiro atoms. The molecule has 1 amide bonds. The lowest BCUT2D eigenvalue weighted by Gasteiger charge is -2.00. The van der Waals surface area contributed by atoms with Gasteiger partial charge in [-0.2, -0.15) is 0 Å². The SMILES string of the molecule is Cc1sc(C(=O)NCc2cc(Br)cs2)cc1N. The zero-order chi connectivity index (χ0) is 12.4. The van der Waals surface area contributed by atoms with E-state index in [0.29, 0.717) is 17.1 Å². The second kappa shape index (κ2) is 5.20. The van der Waals surface area contributed by atoms with Gasteiger partial charge in [-0.15, -0.1) is 22.7 Å². The Kier molecular flexibility index (Phi) is 3.86. The van der Waals surface area contributed by atoms with Crippen molar-refractivity contribution in [3.05, 3.63) is 36.6 Å². The number of rotatable bonds is 3. The first-order chi connectivity index (χ1) is 8.06. The number of nitrogen functional groups attached to an aromatic ring is 1. The average Bonchev–Trinajstić information content (AvgIpc) is 2.83. The standard InChI is InChI=1S/C11H11BrN2OS2/c1-6-9(13)3-10(17-6)11(15)14-4-8-2-7(12)5-16-8/h2-3,5H,4,13H2,1H3,(H,14,15). The molecule has 0 aliphatic carbocycles. The van der Waals surface area contributed by atoms with Crippen LogP contribution in [0.4, 0.5) is 5.69 Å². The Morgan fingerprint density at radius 2 is 2.29 bits per heavy atom. The van der Waals surface area contributed by atoms with Crippen molar-refractivity contribution in [1.29, 1.82) is 0 Å². The van der Waals surface area contributed by atoms with E-state index in [9.17, 15) is 4.79 Å². The van der Waals surface area contributed by atoms with Gasteiger partial charge in [0.05, 0.1) is 11.4 Å². The number of thiophene rings is 2. The maximum absolute atomic E-state index is 11.8. The van der Waals surface area contributed by atoms with Gasteiger partial charge in [0.25, 0.3) is 5.91 Å². The Morgan fingerprint density at radius 3 is 2.82 bits per heavy atom. The molecule has 2 aromatic rings. The molecule has 2 rings (SSSR count). The number of halogens is 1. The summed E-state index contributed by atoms with van der Waals surface area (Å²) in [5.74, 6) is -0.0701. The van der Waals surface area contributed by atoms with E-state index >= 15 is 0 Å². The summed E-state index contributed by atoms with van der Waals surface area (Å²) in [6.45, 7) is 2.46. The van der Waals surface area contributed by atoms with Gasteiger partial charge in [-0.3, -0.25) is 4.79 Å². The molecule has 3 nitrogen and oxygen atoms in total. The van der Waals surface area contributed by atoms with Gasteiger partial charge in [0.1, 0.15) is 0 Å². The second-order valence-electron chi connectivity index (χ2n) is 3.54. The number of nitrogens with two attached hydrogens (primary N) is 1. The van der Waals surface area contributed by atoms with E-state index in [-0.39, 0.29) is 5.91 Å². The van der Waals surface area contributed by atoms with Gasteiger partial charge in [-0.05, 0) is 35.0 Å². The van der Waals surface area contributed by atoms with E-state index in [4.69, 9.17) is 5.73 Å². The largest absolute Gasteiger partial charge is 0.398 e. The smallest absolute Gasteiger partial charge is 0.261 e. The lowest BCUT2D eigenvalue weighted by atomic mass is 10.3. The van der Waals surface area contributed by atoms with Crippen LogP contribution in [0.2, 0.25) is 0 Å². The van der Waals surface area contributed by atoms with Crippen molar-refractivity contribution in [2.24, 2.45) is 0 Å². The number of carbonyl (C=O) groups excluding carboxylic acids is 1. The van der Waals surface area contributed by atoms with Gasteiger partial charge in [-0.25, -0.2) is 0 Å². The molecule has 0 saturated heterocycles. The van der Waals surface area contributed by atoms with Crippen LogP contribution in [0, 0.1) is 6.92 Å². The van der Waals surface area contributed by atoms with E-state index < -0.39 is 0 Å². The highest BCUT2D eigenvalue weighted by Crippen LogP contribution is 2.23. The number of hydrogen-bond acceptors (Lipinski definition) is 4. The fraction of sp³-hybridized carbons (Fsp3) is 0.182. The molecule has 0 unspecified atom stereocenters. The first-order valence-corrected chi connectivity index (χ1v) is 7.42. The summed E-state index contributed by atoms with van der Waals surface area (Å²) in [5, 5.41) is 4.87. The molecule has 0 bridgehead atoms. The fourth-order valence-corrected chi connectivity index (χ4v) is 3.56. The minimum Gasteiger partial charge on any atom is -0.398 e. The molecule has 0 radical (unpaired) electrons. The zero-order valence-electron chi connectivity index (χ0n) is 9.12. The molecule has 0 aromatic carbocycles. The number of anilines is 1. The third-order valence-electron chi connectivity index (χ3n) is 2.22. The van der Waals surface area contributed by atoms with Gasteiger partial charge < -0.3 is 11.1 Å². The van der Waals surface area contributed by atoms with Crippen LogP contribution < -0.4 is 11.1 Å². The van der Waals surface area contributed by atoms with E-state index in [1.165, 1.54) is 11.3 Å². The number of nitrogens with one attached hydrogen (secondary N) is 1. The summed E-state index contributed by atoms with van der Waals surface area (Å²) < 4.78 is 1.04. The molecule has 0 atom stereocenters. The van der Waals surface area contributed by atoms with Crippen LogP contribution in [-0.4, -0.2) is 5.91 Å². The number of carbonyl (C=O) groups is 1. The van der Waals surface area contributed by atoms with Crippen molar-refractivity contribution in [2.75, 3.05) is 5.73 Å². The highest BCUT2D eigenvalue weighted by molar-refractivity contribution is 9.10. The first kappa shape index (κ1) is 12.6. The van der Waals surface area contributed by atoms with Crippen molar-refractivity contribution in [2.45, 2.75) is 13.5 Å². The molecule has 0 aliphatic heterocycles. The molecular formula is C11H11BrN2OS2. The summed E-state index contributed by atoms with van der Waals surface area (Å²) in [6, 6.07) is 3.72. The monoisotopic (exact) mass is 330 g/mol. The number of amides is 1. The van der Waals surface area contributed by atoms with Gasteiger partial charge in [0.2, 0.25) is 0 Å². The maximum atomic E-state index is 11.8. The minimum absolute atomic E-state index is 0.0701. The van der Waals surface area contributed by atoms with Crippen molar-refractivity contribution in [3.63, 3.8) is 0 Å². The Morgan fingerprint density at radius 1 is 1.53 bits per heavy atom.